The summed E-state index contributed by atoms with van der Waals surface area (Å²) in [6.07, 6.45) is 0. The van der Waals surface area contributed by atoms with Gasteiger partial charge in [-0.25, -0.2) is 15.0 Å². The summed E-state index contributed by atoms with van der Waals surface area (Å²) in [6, 6.07) is 58.3. The highest BCUT2D eigenvalue weighted by molar-refractivity contribution is 7.27. The Hall–Kier alpha value is -6.49. The molecule has 2 aromatic heterocycles. The molecular formula is C47H27N3S. The Morgan fingerprint density at radius 3 is 1.71 bits per heavy atom. The fourth-order valence-corrected chi connectivity index (χ4v) is 9.25. The van der Waals surface area contributed by atoms with Crippen LogP contribution in [0.25, 0.3) is 109 Å². The second kappa shape index (κ2) is 11.0. The van der Waals surface area contributed by atoms with E-state index in [1.165, 1.54) is 64.1 Å². The summed E-state index contributed by atoms with van der Waals surface area (Å²) < 4.78 is 2.60. The third-order valence-electron chi connectivity index (χ3n) is 10.3. The molecule has 0 unspecified atom stereocenters. The molecule has 8 aromatic carbocycles. The number of hydrogen-bond donors (Lipinski definition) is 0. The molecule has 0 atom stereocenters. The molecule has 0 amide bonds. The second-order valence-corrected chi connectivity index (χ2v) is 14.2. The summed E-state index contributed by atoms with van der Waals surface area (Å²) in [5, 5.41) is 7.60. The number of benzene rings is 8. The fourth-order valence-electron chi connectivity index (χ4n) is 7.91. The Balaban J connectivity index is 1.14. The minimum absolute atomic E-state index is 0.656. The molecule has 236 valence electrons. The maximum absolute atomic E-state index is 5.19. The van der Waals surface area contributed by atoms with Crippen molar-refractivity contribution in [3.63, 3.8) is 0 Å². The quantitative estimate of drug-likeness (QED) is 0.188. The van der Waals surface area contributed by atoms with E-state index in [0.717, 1.165) is 27.6 Å². The van der Waals surface area contributed by atoms with Crippen LogP contribution >= 0.6 is 11.3 Å². The molecule has 1 aliphatic rings. The predicted octanol–water partition coefficient (Wildman–Crippen LogP) is 12.9. The van der Waals surface area contributed by atoms with E-state index in [9.17, 15) is 0 Å². The number of aromatic nitrogens is 3. The van der Waals surface area contributed by atoms with E-state index >= 15 is 0 Å². The second-order valence-electron chi connectivity index (χ2n) is 13.1. The lowest BCUT2D eigenvalue weighted by Gasteiger charge is -2.13. The molecule has 0 spiro atoms. The van der Waals surface area contributed by atoms with Crippen LogP contribution in [0.2, 0.25) is 0 Å². The molecule has 1 aliphatic carbocycles. The van der Waals surface area contributed by atoms with Crippen molar-refractivity contribution in [3.8, 4) is 67.5 Å². The van der Waals surface area contributed by atoms with Crippen molar-refractivity contribution in [1.29, 1.82) is 0 Å². The van der Waals surface area contributed by atoms with Crippen LogP contribution in [-0.4, -0.2) is 15.0 Å². The van der Waals surface area contributed by atoms with E-state index in [1.54, 1.807) is 0 Å². The Morgan fingerprint density at radius 1 is 0.314 bits per heavy atom. The molecule has 3 nitrogen and oxygen atoms in total. The smallest absolute Gasteiger partial charge is 0.164 e. The van der Waals surface area contributed by atoms with Gasteiger partial charge >= 0.3 is 0 Å². The van der Waals surface area contributed by atoms with Crippen molar-refractivity contribution in [3.05, 3.63) is 164 Å². The Bertz CT molecular complexity index is 3030. The van der Waals surface area contributed by atoms with Crippen LogP contribution in [0.3, 0.4) is 0 Å². The van der Waals surface area contributed by atoms with Gasteiger partial charge in [-0.05, 0) is 56.1 Å². The van der Waals surface area contributed by atoms with Gasteiger partial charge in [0, 0.05) is 47.8 Å². The molecule has 0 saturated carbocycles. The largest absolute Gasteiger partial charge is 0.208 e. The van der Waals surface area contributed by atoms with Crippen LogP contribution in [-0.2, 0) is 0 Å². The molecule has 0 radical (unpaired) electrons. The number of hydrogen-bond acceptors (Lipinski definition) is 4. The SMILES string of the molecule is c1ccc(-c2nc(-c3ccc4ccccc4c3)nc(-c3ccccc3-c3cccc4c3sc3c5cccc6c5c(cc43)-c3ccccc3-6)n2)cc1. The molecule has 4 heteroatoms. The molecule has 51 heavy (non-hydrogen) atoms. The zero-order chi connectivity index (χ0) is 33.5. The lowest BCUT2D eigenvalue weighted by molar-refractivity contribution is 1.07. The van der Waals surface area contributed by atoms with Gasteiger partial charge in [0.25, 0.3) is 0 Å². The Labute approximate surface area is 298 Å². The van der Waals surface area contributed by atoms with E-state index in [4.69, 9.17) is 15.0 Å². The predicted molar refractivity (Wildman–Crippen MR) is 214 cm³/mol. The van der Waals surface area contributed by atoms with Gasteiger partial charge in [0.15, 0.2) is 17.5 Å². The summed E-state index contributed by atoms with van der Waals surface area (Å²) in [4.78, 5) is 15.4. The van der Waals surface area contributed by atoms with Crippen molar-refractivity contribution >= 4 is 53.1 Å². The minimum Gasteiger partial charge on any atom is -0.208 e. The molecular weight excluding hydrogens is 639 g/mol. The van der Waals surface area contributed by atoms with Crippen LogP contribution < -0.4 is 0 Å². The first-order chi connectivity index (χ1) is 25.3. The molecule has 0 aliphatic heterocycles. The normalized spacial score (nSPS) is 11.9. The van der Waals surface area contributed by atoms with Gasteiger partial charge in [0.1, 0.15) is 0 Å². The molecule has 0 saturated heterocycles. The first-order valence-corrected chi connectivity index (χ1v) is 18.0. The lowest BCUT2D eigenvalue weighted by Crippen LogP contribution is -2.01. The highest BCUT2D eigenvalue weighted by Crippen LogP contribution is 2.52. The Morgan fingerprint density at radius 2 is 0.902 bits per heavy atom. The molecule has 2 heterocycles. The third kappa shape index (κ3) is 4.33. The number of fused-ring (bicyclic) bond motifs is 8. The maximum Gasteiger partial charge on any atom is 0.164 e. The summed E-state index contributed by atoms with van der Waals surface area (Å²) in [5.74, 6) is 1.97. The summed E-state index contributed by atoms with van der Waals surface area (Å²) in [7, 11) is 0. The molecule has 0 N–H and O–H groups in total. The van der Waals surface area contributed by atoms with E-state index < -0.39 is 0 Å². The van der Waals surface area contributed by atoms with Crippen molar-refractivity contribution in [2.45, 2.75) is 0 Å². The highest BCUT2D eigenvalue weighted by Gasteiger charge is 2.25. The van der Waals surface area contributed by atoms with Crippen LogP contribution in [0.1, 0.15) is 0 Å². The van der Waals surface area contributed by atoms with Crippen LogP contribution in [0.4, 0.5) is 0 Å². The zero-order valence-corrected chi connectivity index (χ0v) is 28.2. The molecule has 10 aromatic rings. The molecule has 0 fully saturated rings. The summed E-state index contributed by atoms with van der Waals surface area (Å²) in [6.45, 7) is 0. The van der Waals surface area contributed by atoms with Crippen molar-refractivity contribution in [2.75, 3.05) is 0 Å². The van der Waals surface area contributed by atoms with Crippen molar-refractivity contribution in [1.82, 2.24) is 15.0 Å². The molecule has 11 rings (SSSR count). The first-order valence-electron chi connectivity index (χ1n) is 17.2. The zero-order valence-electron chi connectivity index (χ0n) is 27.3. The molecule has 0 bridgehead atoms. The van der Waals surface area contributed by atoms with Gasteiger partial charge < -0.3 is 0 Å². The monoisotopic (exact) mass is 665 g/mol. The maximum atomic E-state index is 5.19. The summed E-state index contributed by atoms with van der Waals surface area (Å²) in [5.41, 5.74) is 10.5. The van der Waals surface area contributed by atoms with Gasteiger partial charge in [-0.3, -0.25) is 0 Å². The van der Waals surface area contributed by atoms with Crippen molar-refractivity contribution in [2.24, 2.45) is 0 Å². The average molecular weight is 666 g/mol. The highest BCUT2D eigenvalue weighted by atomic mass is 32.1. The topological polar surface area (TPSA) is 38.7 Å². The van der Waals surface area contributed by atoms with E-state index in [-0.39, 0.29) is 0 Å². The van der Waals surface area contributed by atoms with Gasteiger partial charge in [-0.15, -0.1) is 11.3 Å². The van der Waals surface area contributed by atoms with Gasteiger partial charge in [0.05, 0.1) is 0 Å². The van der Waals surface area contributed by atoms with Crippen LogP contribution in [0, 0.1) is 0 Å². The average Bonchev–Trinajstić information content (AvgIpc) is 3.75. The van der Waals surface area contributed by atoms with Crippen LogP contribution in [0.5, 0.6) is 0 Å². The fraction of sp³-hybridized carbons (Fsp3) is 0. The van der Waals surface area contributed by atoms with E-state index in [1.807, 2.05) is 29.5 Å². The summed E-state index contributed by atoms with van der Waals surface area (Å²) >= 11 is 1.89. The van der Waals surface area contributed by atoms with E-state index in [0.29, 0.717) is 17.5 Å². The van der Waals surface area contributed by atoms with Gasteiger partial charge in [0.2, 0.25) is 0 Å². The first kappa shape index (κ1) is 28.4. The number of rotatable bonds is 4. The van der Waals surface area contributed by atoms with E-state index in [2.05, 4.69) is 146 Å². The van der Waals surface area contributed by atoms with Crippen LogP contribution in [0.15, 0.2) is 164 Å². The van der Waals surface area contributed by atoms with Crippen molar-refractivity contribution < 1.29 is 0 Å². The number of thiophene rings is 1. The minimum atomic E-state index is 0.656. The third-order valence-corrected chi connectivity index (χ3v) is 11.5. The lowest BCUT2D eigenvalue weighted by atomic mass is 9.96. The Kier molecular flexibility index (Phi) is 6.12. The number of nitrogens with zero attached hydrogens (tertiary/aromatic N) is 3. The standard InChI is InChI=1S/C47H27N3S/c1-2-13-29(14-3-1)45-48-46(31-25-24-28-12-4-5-15-30(28)26-31)50-47(49-45)38-19-9-8-18-34(38)36-21-11-22-37-41-27-40-33-17-7-6-16-32(33)35-20-10-23-39(42(35)40)44(41)51-43(36)37/h1-27H. The van der Waals surface area contributed by atoms with Gasteiger partial charge in [-0.1, -0.05) is 152 Å². The van der Waals surface area contributed by atoms with Gasteiger partial charge in [-0.2, -0.15) is 0 Å².